The maximum absolute atomic E-state index is 6.05. The molecule has 0 unspecified atom stereocenters. The lowest BCUT2D eigenvalue weighted by atomic mass is 10.0. The summed E-state index contributed by atoms with van der Waals surface area (Å²) in [6.07, 6.45) is 2.35. The summed E-state index contributed by atoms with van der Waals surface area (Å²) < 4.78 is 6.29. The maximum Gasteiger partial charge on any atom is 0.0551 e. The Balaban J connectivity index is 1.75. The van der Waals surface area contributed by atoms with Gasteiger partial charge in [0.2, 0.25) is 0 Å². The molecule has 2 nitrogen and oxygen atoms in total. The highest BCUT2D eigenvalue weighted by Gasteiger charge is 2.12. The minimum atomic E-state index is 0.759. The van der Waals surface area contributed by atoms with Gasteiger partial charge in [0, 0.05) is 24.2 Å². The first-order chi connectivity index (χ1) is 8.25. The Labute approximate surface area is 116 Å². The molecule has 0 spiro atoms. The van der Waals surface area contributed by atoms with Gasteiger partial charge in [0.15, 0.2) is 0 Å². The summed E-state index contributed by atoms with van der Waals surface area (Å²) in [6, 6.07) is 6.09. The number of hydrogen-bond acceptors (Lipinski definition) is 2. The Morgan fingerprint density at radius 3 is 2.82 bits per heavy atom. The highest BCUT2D eigenvalue weighted by molar-refractivity contribution is 9.10. The van der Waals surface area contributed by atoms with E-state index in [1.54, 1.807) is 0 Å². The lowest BCUT2D eigenvalue weighted by Gasteiger charge is -2.22. The van der Waals surface area contributed by atoms with Gasteiger partial charge >= 0.3 is 0 Å². The predicted octanol–water partition coefficient (Wildman–Crippen LogP) is 3.62. The molecule has 0 aliphatic carbocycles. The van der Waals surface area contributed by atoms with E-state index in [4.69, 9.17) is 16.3 Å². The van der Waals surface area contributed by atoms with Gasteiger partial charge in [-0.3, -0.25) is 0 Å². The van der Waals surface area contributed by atoms with Crippen molar-refractivity contribution in [3.05, 3.63) is 33.3 Å². The number of halogens is 2. The van der Waals surface area contributed by atoms with Crippen LogP contribution in [0.4, 0.5) is 0 Å². The van der Waals surface area contributed by atoms with Crippen LogP contribution in [0.2, 0.25) is 5.02 Å². The lowest BCUT2D eigenvalue weighted by molar-refractivity contribution is 0.0662. The van der Waals surface area contributed by atoms with Crippen LogP contribution >= 0.6 is 27.5 Å². The van der Waals surface area contributed by atoms with Crippen LogP contribution in [0.25, 0.3) is 0 Å². The zero-order valence-electron chi connectivity index (χ0n) is 9.72. The molecule has 17 heavy (non-hydrogen) atoms. The van der Waals surface area contributed by atoms with Crippen LogP contribution in [0.1, 0.15) is 18.4 Å². The highest BCUT2D eigenvalue weighted by Crippen LogP contribution is 2.23. The van der Waals surface area contributed by atoms with Crippen LogP contribution in [0, 0.1) is 5.92 Å². The molecule has 0 amide bonds. The molecule has 0 atom stereocenters. The second-order valence-corrected chi connectivity index (χ2v) is 5.70. The lowest BCUT2D eigenvalue weighted by Crippen LogP contribution is -2.27. The fourth-order valence-electron chi connectivity index (χ4n) is 2.02. The minimum Gasteiger partial charge on any atom is -0.381 e. The van der Waals surface area contributed by atoms with E-state index in [0.717, 1.165) is 41.7 Å². The molecule has 1 aliphatic rings. The molecule has 0 aromatic heterocycles. The van der Waals surface area contributed by atoms with Crippen molar-refractivity contribution in [1.82, 2.24) is 5.32 Å². The van der Waals surface area contributed by atoms with E-state index in [9.17, 15) is 0 Å². The molecular formula is C13H17BrClNO. The van der Waals surface area contributed by atoms with Gasteiger partial charge in [-0.15, -0.1) is 0 Å². The Morgan fingerprint density at radius 1 is 1.35 bits per heavy atom. The average Bonchev–Trinajstić information content (AvgIpc) is 2.35. The molecular weight excluding hydrogens is 302 g/mol. The molecule has 1 saturated heterocycles. The van der Waals surface area contributed by atoms with Crippen molar-refractivity contribution in [1.29, 1.82) is 0 Å². The van der Waals surface area contributed by atoms with Gasteiger partial charge < -0.3 is 10.1 Å². The Morgan fingerprint density at radius 2 is 2.12 bits per heavy atom. The molecule has 1 fully saturated rings. The van der Waals surface area contributed by atoms with Crippen LogP contribution in [-0.4, -0.2) is 19.8 Å². The van der Waals surface area contributed by atoms with E-state index in [0.29, 0.717) is 0 Å². The Kier molecular flexibility index (Phi) is 5.29. The highest BCUT2D eigenvalue weighted by atomic mass is 79.9. The Bertz CT molecular complexity index is 366. The monoisotopic (exact) mass is 317 g/mol. The fraction of sp³-hybridized carbons (Fsp3) is 0.538. The van der Waals surface area contributed by atoms with E-state index >= 15 is 0 Å². The first kappa shape index (κ1) is 13.3. The zero-order valence-corrected chi connectivity index (χ0v) is 12.1. The van der Waals surface area contributed by atoms with Crippen LogP contribution in [0.5, 0.6) is 0 Å². The summed E-state index contributed by atoms with van der Waals surface area (Å²) in [7, 11) is 0. The Hall–Kier alpha value is -0.0900. The normalized spacial score (nSPS) is 17.3. The van der Waals surface area contributed by atoms with Crippen molar-refractivity contribution in [2.75, 3.05) is 19.8 Å². The van der Waals surface area contributed by atoms with Gasteiger partial charge in [-0.25, -0.2) is 0 Å². The van der Waals surface area contributed by atoms with Crippen molar-refractivity contribution in [3.63, 3.8) is 0 Å². The van der Waals surface area contributed by atoms with Gasteiger partial charge in [0.25, 0.3) is 0 Å². The summed E-state index contributed by atoms with van der Waals surface area (Å²) in [5.41, 5.74) is 1.23. The molecule has 2 rings (SSSR count). The summed E-state index contributed by atoms with van der Waals surface area (Å²) in [5, 5.41) is 4.26. The number of nitrogens with one attached hydrogen (secondary N) is 1. The minimum absolute atomic E-state index is 0.759. The average molecular weight is 319 g/mol. The molecule has 4 heteroatoms. The van der Waals surface area contributed by atoms with Crippen LogP contribution < -0.4 is 5.32 Å². The van der Waals surface area contributed by atoms with E-state index in [1.165, 1.54) is 18.4 Å². The molecule has 1 aromatic carbocycles. The number of benzene rings is 1. The molecule has 1 heterocycles. The van der Waals surface area contributed by atoms with Crippen molar-refractivity contribution in [2.45, 2.75) is 19.4 Å². The predicted molar refractivity (Wildman–Crippen MR) is 74.4 cm³/mol. The first-order valence-corrected chi connectivity index (χ1v) is 7.15. The third-order valence-electron chi connectivity index (χ3n) is 3.09. The van der Waals surface area contributed by atoms with E-state index in [2.05, 4.69) is 27.3 Å². The molecule has 1 aliphatic heterocycles. The standard InChI is InChI=1S/C13H17BrClNO/c14-12-2-1-11(7-13(12)15)9-16-8-10-3-5-17-6-4-10/h1-2,7,10,16H,3-6,8-9H2. The fourth-order valence-corrected chi connectivity index (χ4v) is 2.47. The number of ether oxygens (including phenoxy) is 1. The van der Waals surface area contributed by atoms with Crippen molar-refractivity contribution >= 4 is 27.5 Å². The maximum atomic E-state index is 6.05. The molecule has 94 valence electrons. The van der Waals surface area contributed by atoms with E-state index in [-0.39, 0.29) is 0 Å². The van der Waals surface area contributed by atoms with Crippen molar-refractivity contribution in [3.8, 4) is 0 Å². The van der Waals surface area contributed by atoms with E-state index < -0.39 is 0 Å². The summed E-state index contributed by atoms with van der Waals surface area (Å²) >= 11 is 9.44. The second-order valence-electron chi connectivity index (χ2n) is 4.44. The topological polar surface area (TPSA) is 21.3 Å². The van der Waals surface area contributed by atoms with Crippen molar-refractivity contribution < 1.29 is 4.74 Å². The number of hydrogen-bond donors (Lipinski definition) is 1. The largest absolute Gasteiger partial charge is 0.381 e. The molecule has 0 radical (unpaired) electrons. The van der Waals surface area contributed by atoms with Crippen molar-refractivity contribution in [2.24, 2.45) is 5.92 Å². The smallest absolute Gasteiger partial charge is 0.0551 e. The quantitative estimate of drug-likeness (QED) is 0.915. The van der Waals surface area contributed by atoms with Gasteiger partial charge in [-0.05, 0) is 58.9 Å². The van der Waals surface area contributed by atoms with Crippen LogP contribution in [0.3, 0.4) is 0 Å². The second kappa shape index (κ2) is 6.74. The van der Waals surface area contributed by atoms with Gasteiger partial charge in [-0.2, -0.15) is 0 Å². The SMILES string of the molecule is Clc1cc(CNCC2CCOCC2)ccc1Br. The zero-order chi connectivity index (χ0) is 12.1. The molecule has 0 bridgehead atoms. The summed E-state index contributed by atoms with van der Waals surface area (Å²) in [5.74, 6) is 0.759. The third kappa shape index (κ3) is 4.25. The molecule has 0 saturated carbocycles. The molecule has 1 aromatic rings. The summed E-state index contributed by atoms with van der Waals surface area (Å²) in [6.45, 7) is 3.77. The first-order valence-electron chi connectivity index (χ1n) is 5.98. The third-order valence-corrected chi connectivity index (χ3v) is 4.32. The number of rotatable bonds is 4. The van der Waals surface area contributed by atoms with E-state index in [1.807, 2.05) is 12.1 Å². The van der Waals surface area contributed by atoms with Crippen LogP contribution in [-0.2, 0) is 11.3 Å². The van der Waals surface area contributed by atoms with Gasteiger partial charge in [-0.1, -0.05) is 17.7 Å². The van der Waals surface area contributed by atoms with Gasteiger partial charge in [0.1, 0.15) is 0 Å². The van der Waals surface area contributed by atoms with Gasteiger partial charge in [0.05, 0.1) is 5.02 Å². The summed E-state index contributed by atoms with van der Waals surface area (Å²) in [4.78, 5) is 0. The molecule has 1 N–H and O–H groups in total. The van der Waals surface area contributed by atoms with Crippen LogP contribution in [0.15, 0.2) is 22.7 Å².